The number of esters is 2. The van der Waals surface area contributed by atoms with Crippen LogP contribution in [0.5, 0.6) is 0 Å². The zero-order chi connectivity index (χ0) is 19.4. The van der Waals surface area contributed by atoms with Crippen LogP contribution >= 0.6 is 0 Å². The van der Waals surface area contributed by atoms with Crippen molar-refractivity contribution in [2.45, 2.75) is 51.9 Å². The van der Waals surface area contributed by atoms with Gasteiger partial charge >= 0.3 is 11.9 Å². The topological polar surface area (TPSA) is 93.1 Å². The highest BCUT2D eigenvalue weighted by Crippen LogP contribution is 2.36. The number of hydrogen-bond donors (Lipinski definition) is 2. The van der Waals surface area contributed by atoms with Gasteiger partial charge < -0.3 is 19.7 Å². The van der Waals surface area contributed by atoms with Gasteiger partial charge in [-0.1, -0.05) is 24.3 Å². The van der Waals surface area contributed by atoms with Crippen LogP contribution in [0.4, 0.5) is 0 Å². The third kappa shape index (κ3) is 4.51. The smallest absolute Gasteiger partial charge is 0.334 e. The third-order valence-corrected chi connectivity index (χ3v) is 4.75. The van der Waals surface area contributed by atoms with Crippen molar-refractivity contribution in [3.8, 4) is 0 Å². The first-order valence-corrected chi connectivity index (χ1v) is 8.66. The number of aliphatic hydroxyl groups excluding tert-OH is 2. The predicted molar refractivity (Wildman–Crippen MR) is 96.0 cm³/mol. The number of rotatable bonds is 3. The molecule has 0 radical (unpaired) electrons. The van der Waals surface area contributed by atoms with E-state index >= 15 is 0 Å². The van der Waals surface area contributed by atoms with Gasteiger partial charge in [0.1, 0.15) is 12.2 Å². The Bertz CT molecular complexity index is 684. The maximum absolute atomic E-state index is 12.3. The zero-order valence-electron chi connectivity index (χ0n) is 15.4. The molecule has 0 bridgehead atoms. The summed E-state index contributed by atoms with van der Waals surface area (Å²) in [5.41, 5.74) is 2.05. The van der Waals surface area contributed by atoms with Crippen molar-refractivity contribution in [1.82, 2.24) is 0 Å². The largest absolute Gasteiger partial charge is 0.458 e. The van der Waals surface area contributed by atoms with Crippen LogP contribution in [-0.2, 0) is 19.1 Å². The van der Waals surface area contributed by atoms with E-state index in [-0.39, 0.29) is 18.6 Å². The van der Waals surface area contributed by atoms with Gasteiger partial charge in [0.2, 0.25) is 0 Å². The molecule has 2 N–H and O–H groups in total. The number of fused-ring (bicyclic) bond motifs is 1. The molecular formula is C20H26O6. The van der Waals surface area contributed by atoms with Crippen LogP contribution in [0.3, 0.4) is 0 Å². The molecule has 2 aliphatic rings. The number of carbonyl (C=O) groups is 2. The molecule has 6 heteroatoms. The van der Waals surface area contributed by atoms with Crippen LogP contribution in [0.25, 0.3) is 0 Å². The average Bonchev–Trinajstić information content (AvgIpc) is 2.85. The molecule has 0 unspecified atom stereocenters. The van der Waals surface area contributed by atoms with Crippen molar-refractivity contribution >= 4 is 11.9 Å². The summed E-state index contributed by atoms with van der Waals surface area (Å²) in [4.78, 5) is 24.4. The second-order valence-electron chi connectivity index (χ2n) is 6.81. The first kappa shape index (κ1) is 20.1. The highest BCUT2D eigenvalue weighted by Gasteiger charge is 2.44. The standard InChI is InChI=1S/C20H26O6/c1-5-12(3)19(23)25-17-9-14(10-21)8-15(22)6-11(2)7-16-18(17)13(4)20(24)26-16/h5,7-8,15-18,21-22H,4,6,9-10H2,1-3H3/b11-7+,12-5-,14-8-/t15-,16-,17-,18+/m1/s1. The van der Waals surface area contributed by atoms with Crippen molar-refractivity contribution in [2.24, 2.45) is 5.92 Å². The summed E-state index contributed by atoms with van der Waals surface area (Å²) in [6.45, 7) is 8.74. The van der Waals surface area contributed by atoms with Crippen molar-refractivity contribution < 1.29 is 29.3 Å². The summed E-state index contributed by atoms with van der Waals surface area (Å²) in [5.74, 6) is -1.57. The summed E-state index contributed by atoms with van der Waals surface area (Å²) < 4.78 is 11.0. The molecule has 0 saturated carbocycles. The Morgan fingerprint density at radius 2 is 2.12 bits per heavy atom. The van der Waals surface area contributed by atoms with Crippen LogP contribution in [0.1, 0.15) is 33.6 Å². The minimum absolute atomic E-state index is 0.181. The van der Waals surface area contributed by atoms with E-state index in [2.05, 4.69) is 6.58 Å². The van der Waals surface area contributed by atoms with Gasteiger partial charge in [0, 0.05) is 17.6 Å². The molecule has 0 spiro atoms. The summed E-state index contributed by atoms with van der Waals surface area (Å²) >= 11 is 0. The second kappa shape index (κ2) is 8.47. The lowest BCUT2D eigenvalue weighted by atomic mass is 9.85. The third-order valence-electron chi connectivity index (χ3n) is 4.75. The van der Waals surface area contributed by atoms with E-state index in [9.17, 15) is 19.8 Å². The summed E-state index contributed by atoms with van der Waals surface area (Å²) in [5, 5.41) is 19.8. The first-order chi connectivity index (χ1) is 12.3. The molecule has 0 aromatic heterocycles. The van der Waals surface area contributed by atoms with E-state index in [1.807, 2.05) is 6.92 Å². The summed E-state index contributed by atoms with van der Waals surface area (Å²) in [6.07, 6.45) is 3.38. The minimum atomic E-state index is -0.779. The van der Waals surface area contributed by atoms with Gasteiger partial charge in [-0.15, -0.1) is 0 Å². The second-order valence-corrected chi connectivity index (χ2v) is 6.81. The summed E-state index contributed by atoms with van der Waals surface area (Å²) in [7, 11) is 0. The van der Waals surface area contributed by atoms with Crippen LogP contribution < -0.4 is 0 Å². The molecule has 0 amide bonds. The van der Waals surface area contributed by atoms with Crippen molar-refractivity contribution in [3.05, 3.63) is 47.1 Å². The Hall–Kier alpha value is -2.18. The Balaban J connectivity index is 2.45. The molecule has 1 saturated heterocycles. The van der Waals surface area contributed by atoms with Crippen molar-refractivity contribution in [3.63, 3.8) is 0 Å². The monoisotopic (exact) mass is 362 g/mol. The van der Waals surface area contributed by atoms with Gasteiger partial charge in [0.15, 0.2) is 0 Å². The van der Waals surface area contributed by atoms with Gasteiger partial charge in [0.25, 0.3) is 0 Å². The van der Waals surface area contributed by atoms with E-state index in [0.717, 1.165) is 5.57 Å². The molecule has 1 aliphatic carbocycles. The molecule has 1 aliphatic heterocycles. The molecule has 2 rings (SSSR count). The Morgan fingerprint density at radius 3 is 2.73 bits per heavy atom. The van der Waals surface area contributed by atoms with E-state index < -0.39 is 36.2 Å². The van der Waals surface area contributed by atoms with Crippen LogP contribution in [0.15, 0.2) is 47.1 Å². The SMILES string of the molecule is C=C1C(=O)O[C@@H]2/C=C(\C)C[C@@H](O)/C=C(\CO)C[C@@H](OC(=O)/C(C)=C\C)[C@@H]12. The number of carbonyl (C=O) groups excluding carboxylic acids is 2. The molecule has 4 atom stereocenters. The fourth-order valence-corrected chi connectivity index (χ4v) is 3.22. The molecular weight excluding hydrogens is 336 g/mol. The predicted octanol–water partition coefficient (Wildman–Crippen LogP) is 1.98. The molecule has 0 aromatic rings. The lowest BCUT2D eigenvalue weighted by Crippen LogP contribution is -2.34. The van der Waals surface area contributed by atoms with Gasteiger partial charge in [-0.2, -0.15) is 0 Å². The quantitative estimate of drug-likeness (QED) is 0.453. The lowest BCUT2D eigenvalue weighted by Gasteiger charge is -2.28. The van der Waals surface area contributed by atoms with Gasteiger partial charge in [-0.3, -0.25) is 0 Å². The maximum atomic E-state index is 12.3. The Labute approximate surface area is 153 Å². The lowest BCUT2D eigenvalue weighted by molar-refractivity contribution is -0.147. The highest BCUT2D eigenvalue weighted by atomic mass is 16.6. The number of allylic oxidation sites excluding steroid dienone is 1. The van der Waals surface area contributed by atoms with Crippen molar-refractivity contribution in [1.29, 1.82) is 0 Å². The van der Waals surface area contributed by atoms with E-state index in [4.69, 9.17) is 9.47 Å². The first-order valence-electron chi connectivity index (χ1n) is 8.66. The molecule has 0 aromatic carbocycles. The van der Waals surface area contributed by atoms with Gasteiger partial charge in [-0.25, -0.2) is 9.59 Å². The average molecular weight is 362 g/mol. The number of ether oxygens (including phenoxy) is 2. The van der Waals surface area contributed by atoms with Crippen LogP contribution in [-0.4, -0.2) is 47.1 Å². The minimum Gasteiger partial charge on any atom is -0.458 e. The normalized spacial score (nSPS) is 34.1. The van der Waals surface area contributed by atoms with Crippen LogP contribution in [0.2, 0.25) is 0 Å². The zero-order valence-corrected chi connectivity index (χ0v) is 15.4. The Morgan fingerprint density at radius 1 is 1.42 bits per heavy atom. The fourth-order valence-electron chi connectivity index (χ4n) is 3.22. The van der Waals surface area contributed by atoms with E-state index in [1.54, 1.807) is 32.1 Å². The molecule has 142 valence electrons. The van der Waals surface area contributed by atoms with Crippen LogP contribution in [0, 0.1) is 5.92 Å². The number of aliphatic hydroxyl groups is 2. The Kier molecular flexibility index (Phi) is 6.56. The molecule has 1 heterocycles. The molecule has 26 heavy (non-hydrogen) atoms. The maximum Gasteiger partial charge on any atom is 0.334 e. The van der Waals surface area contributed by atoms with E-state index in [1.165, 1.54) is 0 Å². The number of hydrogen-bond acceptors (Lipinski definition) is 6. The molecule has 6 nitrogen and oxygen atoms in total. The van der Waals surface area contributed by atoms with E-state index in [0.29, 0.717) is 17.6 Å². The van der Waals surface area contributed by atoms with Gasteiger partial charge in [0.05, 0.1) is 18.6 Å². The van der Waals surface area contributed by atoms with Crippen molar-refractivity contribution in [2.75, 3.05) is 6.61 Å². The van der Waals surface area contributed by atoms with Gasteiger partial charge in [-0.05, 0) is 38.8 Å². The summed E-state index contributed by atoms with van der Waals surface area (Å²) in [6, 6.07) is 0. The highest BCUT2D eigenvalue weighted by molar-refractivity contribution is 5.92. The fraction of sp³-hybridized carbons (Fsp3) is 0.500. The molecule has 1 fully saturated rings.